The quantitative estimate of drug-likeness (QED) is 0.867. The number of rotatable bonds is 5. The highest BCUT2D eigenvalue weighted by Gasteiger charge is 2.09. The normalized spacial score (nSPS) is 12.4. The van der Waals surface area contributed by atoms with Crippen molar-refractivity contribution in [3.05, 3.63) is 36.2 Å². The lowest BCUT2D eigenvalue weighted by molar-refractivity contribution is 0.414. The highest BCUT2D eigenvalue weighted by atomic mass is 16.5. The van der Waals surface area contributed by atoms with E-state index >= 15 is 0 Å². The molecule has 0 spiro atoms. The smallest absolute Gasteiger partial charge is 0.119 e. The number of methoxy groups -OCH3 is 1. The minimum absolute atomic E-state index is 0.389. The first-order valence-corrected chi connectivity index (χ1v) is 5.96. The molecule has 0 fully saturated rings. The average Bonchev–Trinajstić information content (AvgIpc) is 2.86. The Hall–Kier alpha value is -1.88. The van der Waals surface area contributed by atoms with Crippen LogP contribution in [0.4, 0.5) is 0 Å². The van der Waals surface area contributed by atoms with Gasteiger partial charge in [0.25, 0.3) is 0 Å². The van der Waals surface area contributed by atoms with Gasteiger partial charge in [-0.05, 0) is 38.2 Å². The van der Waals surface area contributed by atoms with Gasteiger partial charge in [-0.3, -0.25) is 0 Å². The van der Waals surface area contributed by atoms with Gasteiger partial charge >= 0.3 is 0 Å². The number of hydrogen-bond acceptors (Lipinski definition) is 4. The Labute approximate surface area is 107 Å². The Kier molecular flexibility index (Phi) is 3.94. The molecule has 5 heteroatoms. The zero-order valence-electron chi connectivity index (χ0n) is 10.9. The van der Waals surface area contributed by atoms with Crippen LogP contribution < -0.4 is 10.1 Å². The molecule has 1 N–H and O–H groups in total. The van der Waals surface area contributed by atoms with E-state index in [9.17, 15) is 0 Å². The monoisotopic (exact) mass is 246 g/mol. The van der Waals surface area contributed by atoms with Crippen LogP contribution in [0.1, 0.15) is 12.6 Å². The van der Waals surface area contributed by atoms with E-state index in [1.807, 2.05) is 36.0 Å². The van der Waals surface area contributed by atoms with Gasteiger partial charge in [-0.25, -0.2) is 4.68 Å². The maximum Gasteiger partial charge on any atom is 0.119 e. The van der Waals surface area contributed by atoms with E-state index in [-0.39, 0.29) is 0 Å². The molecule has 2 aromatic rings. The third-order valence-electron chi connectivity index (χ3n) is 2.95. The van der Waals surface area contributed by atoms with E-state index in [0.717, 1.165) is 23.6 Å². The second-order valence-electron chi connectivity index (χ2n) is 4.23. The summed E-state index contributed by atoms with van der Waals surface area (Å²) in [5, 5.41) is 11.3. The number of nitrogens with one attached hydrogen (secondary N) is 1. The summed E-state index contributed by atoms with van der Waals surface area (Å²) < 4.78 is 7.00. The van der Waals surface area contributed by atoms with Gasteiger partial charge in [-0.15, -0.1) is 5.10 Å². The zero-order valence-corrected chi connectivity index (χ0v) is 10.9. The first kappa shape index (κ1) is 12.6. The molecule has 1 unspecified atom stereocenters. The molecule has 0 aliphatic heterocycles. The van der Waals surface area contributed by atoms with Crippen LogP contribution in [0.15, 0.2) is 30.5 Å². The highest BCUT2D eigenvalue weighted by Crippen LogP contribution is 2.16. The summed E-state index contributed by atoms with van der Waals surface area (Å²) in [5.74, 6) is 0.837. The van der Waals surface area contributed by atoms with Gasteiger partial charge in [0.2, 0.25) is 0 Å². The van der Waals surface area contributed by atoms with E-state index < -0.39 is 0 Å². The van der Waals surface area contributed by atoms with Gasteiger partial charge in [0.05, 0.1) is 24.7 Å². The molecule has 0 aliphatic carbocycles. The van der Waals surface area contributed by atoms with Gasteiger partial charge in [0, 0.05) is 12.5 Å². The molecule has 0 saturated heterocycles. The summed E-state index contributed by atoms with van der Waals surface area (Å²) in [6.07, 6.45) is 2.69. The summed E-state index contributed by atoms with van der Waals surface area (Å²) in [6, 6.07) is 8.17. The number of likely N-dealkylation sites (N-methyl/N-ethyl adjacent to an activating group) is 1. The predicted octanol–water partition coefficient (Wildman–Crippen LogP) is 1.43. The van der Waals surface area contributed by atoms with Crippen molar-refractivity contribution in [3.63, 3.8) is 0 Å². The maximum atomic E-state index is 5.14. The lowest BCUT2D eigenvalue weighted by Crippen LogP contribution is -2.24. The number of benzene rings is 1. The van der Waals surface area contributed by atoms with E-state index in [0.29, 0.717) is 6.04 Å². The largest absolute Gasteiger partial charge is 0.497 e. The molecule has 0 saturated carbocycles. The van der Waals surface area contributed by atoms with Crippen molar-refractivity contribution in [3.8, 4) is 11.4 Å². The fourth-order valence-electron chi connectivity index (χ4n) is 1.75. The van der Waals surface area contributed by atoms with Crippen molar-refractivity contribution >= 4 is 0 Å². The summed E-state index contributed by atoms with van der Waals surface area (Å²) in [7, 11) is 3.61. The van der Waals surface area contributed by atoms with Crippen LogP contribution in [0.2, 0.25) is 0 Å². The molecular weight excluding hydrogens is 228 g/mol. The molecule has 0 aliphatic rings. The van der Waals surface area contributed by atoms with Gasteiger partial charge in [0.15, 0.2) is 0 Å². The summed E-state index contributed by atoms with van der Waals surface area (Å²) in [4.78, 5) is 0. The van der Waals surface area contributed by atoms with Crippen LogP contribution in [0.5, 0.6) is 5.75 Å². The lowest BCUT2D eigenvalue weighted by atomic mass is 10.2. The third kappa shape index (κ3) is 2.68. The number of hydrogen-bond donors (Lipinski definition) is 1. The maximum absolute atomic E-state index is 5.14. The van der Waals surface area contributed by atoms with Crippen LogP contribution in [-0.2, 0) is 6.42 Å². The summed E-state index contributed by atoms with van der Waals surface area (Å²) in [6.45, 7) is 2.13. The third-order valence-corrected chi connectivity index (χ3v) is 2.95. The van der Waals surface area contributed by atoms with E-state index in [4.69, 9.17) is 4.74 Å². The topological polar surface area (TPSA) is 52.0 Å². The van der Waals surface area contributed by atoms with Crippen molar-refractivity contribution < 1.29 is 4.74 Å². The minimum atomic E-state index is 0.389. The lowest BCUT2D eigenvalue weighted by Gasteiger charge is -2.11. The van der Waals surface area contributed by atoms with Crippen molar-refractivity contribution in [1.29, 1.82) is 0 Å². The highest BCUT2D eigenvalue weighted by molar-refractivity contribution is 5.37. The van der Waals surface area contributed by atoms with Crippen LogP contribution in [0.3, 0.4) is 0 Å². The Morgan fingerprint density at radius 2 is 2.06 bits per heavy atom. The Balaban J connectivity index is 2.24. The van der Waals surface area contributed by atoms with Crippen molar-refractivity contribution in [2.24, 2.45) is 0 Å². The van der Waals surface area contributed by atoms with Crippen LogP contribution in [-0.4, -0.2) is 35.2 Å². The Morgan fingerprint density at radius 3 is 2.67 bits per heavy atom. The molecule has 1 atom stereocenters. The van der Waals surface area contributed by atoms with Crippen LogP contribution in [0.25, 0.3) is 5.69 Å². The average molecular weight is 246 g/mol. The van der Waals surface area contributed by atoms with E-state index in [1.54, 1.807) is 13.3 Å². The molecule has 96 valence electrons. The molecule has 1 aromatic heterocycles. The standard InChI is InChI=1S/C13H18N4O/c1-10(14-2)8-12-9-15-16-17(12)11-4-6-13(18-3)7-5-11/h4-7,9-10,14H,8H2,1-3H3. The molecular formula is C13H18N4O. The molecule has 0 radical (unpaired) electrons. The second kappa shape index (κ2) is 5.64. The Morgan fingerprint density at radius 1 is 1.33 bits per heavy atom. The van der Waals surface area contributed by atoms with Crippen molar-refractivity contribution in [2.75, 3.05) is 14.2 Å². The Bertz CT molecular complexity index is 492. The molecule has 1 aromatic carbocycles. The zero-order chi connectivity index (χ0) is 13.0. The van der Waals surface area contributed by atoms with Crippen molar-refractivity contribution in [2.45, 2.75) is 19.4 Å². The molecule has 2 rings (SSSR count). The van der Waals surface area contributed by atoms with Crippen molar-refractivity contribution in [1.82, 2.24) is 20.3 Å². The van der Waals surface area contributed by atoms with Gasteiger partial charge in [-0.2, -0.15) is 0 Å². The van der Waals surface area contributed by atoms with Gasteiger partial charge < -0.3 is 10.1 Å². The molecule has 0 bridgehead atoms. The molecule has 5 nitrogen and oxygen atoms in total. The summed E-state index contributed by atoms with van der Waals surface area (Å²) in [5.41, 5.74) is 2.08. The van der Waals surface area contributed by atoms with Crippen LogP contribution in [0, 0.1) is 0 Å². The number of aromatic nitrogens is 3. The minimum Gasteiger partial charge on any atom is -0.497 e. The van der Waals surface area contributed by atoms with E-state index in [1.165, 1.54) is 0 Å². The van der Waals surface area contributed by atoms with Crippen LogP contribution >= 0.6 is 0 Å². The summed E-state index contributed by atoms with van der Waals surface area (Å²) >= 11 is 0. The molecule has 18 heavy (non-hydrogen) atoms. The predicted molar refractivity (Wildman–Crippen MR) is 70.1 cm³/mol. The fraction of sp³-hybridized carbons (Fsp3) is 0.385. The van der Waals surface area contributed by atoms with Gasteiger partial charge in [0.1, 0.15) is 5.75 Å². The van der Waals surface area contributed by atoms with Gasteiger partial charge in [-0.1, -0.05) is 5.21 Å². The van der Waals surface area contributed by atoms with E-state index in [2.05, 4.69) is 22.6 Å². The number of nitrogens with zero attached hydrogens (tertiary/aromatic N) is 3. The fourth-order valence-corrected chi connectivity index (χ4v) is 1.75. The first-order valence-electron chi connectivity index (χ1n) is 5.96. The number of ether oxygens (including phenoxy) is 1. The molecule has 0 amide bonds. The molecule has 1 heterocycles. The first-order chi connectivity index (χ1) is 8.74. The second-order valence-corrected chi connectivity index (χ2v) is 4.23. The SMILES string of the molecule is CNC(C)Cc1cnnn1-c1ccc(OC)cc1.